The summed E-state index contributed by atoms with van der Waals surface area (Å²) >= 11 is 5.93. The lowest BCUT2D eigenvalue weighted by atomic mass is 10.1. The van der Waals surface area contributed by atoms with Crippen molar-refractivity contribution in [2.45, 2.75) is 13.3 Å². The molecule has 1 aromatic carbocycles. The Balaban J connectivity index is 2.46. The lowest BCUT2D eigenvalue weighted by Crippen LogP contribution is -1.85. The Morgan fingerprint density at radius 1 is 1.44 bits per heavy atom. The van der Waals surface area contributed by atoms with E-state index in [4.69, 9.17) is 16.9 Å². The summed E-state index contributed by atoms with van der Waals surface area (Å²) < 4.78 is 0. The zero-order valence-electron chi connectivity index (χ0n) is 8.79. The van der Waals surface area contributed by atoms with E-state index in [1.807, 2.05) is 37.3 Å². The number of hydrogen-bond acceptors (Lipinski definition) is 2. The SMILES string of the molecule is Cc1ccccc1-c1nc(Cl)c(CC#N)[nH]1. The maximum Gasteiger partial charge on any atom is 0.151 e. The van der Waals surface area contributed by atoms with Crippen molar-refractivity contribution < 1.29 is 0 Å². The van der Waals surface area contributed by atoms with Gasteiger partial charge in [0.25, 0.3) is 0 Å². The third kappa shape index (κ3) is 1.93. The summed E-state index contributed by atoms with van der Waals surface area (Å²) in [6.45, 7) is 2.01. The molecule has 0 saturated heterocycles. The van der Waals surface area contributed by atoms with Gasteiger partial charge in [-0.3, -0.25) is 0 Å². The number of aromatic amines is 1. The number of nitrogens with zero attached hydrogens (tertiary/aromatic N) is 2. The van der Waals surface area contributed by atoms with Gasteiger partial charge >= 0.3 is 0 Å². The summed E-state index contributed by atoms with van der Waals surface area (Å²) in [5.41, 5.74) is 2.80. The second-order valence-corrected chi connectivity index (χ2v) is 3.86. The fourth-order valence-corrected chi connectivity index (χ4v) is 1.75. The highest BCUT2D eigenvalue weighted by Gasteiger charge is 2.10. The van der Waals surface area contributed by atoms with Crippen LogP contribution in [0.2, 0.25) is 5.15 Å². The first-order valence-electron chi connectivity index (χ1n) is 4.89. The van der Waals surface area contributed by atoms with Gasteiger partial charge in [-0.25, -0.2) is 4.98 Å². The number of imidazole rings is 1. The molecule has 0 radical (unpaired) electrons. The van der Waals surface area contributed by atoms with Crippen LogP contribution in [0.5, 0.6) is 0 Å². The highest BCUT2D eigenvalue weighted by Crippen LogP contribution is 2.24. The van der Waals surface area contributed by atoms with Gasteiger partial charge in [0.2, 0.25) is 0 Å². The van der Waals surface area contributed by atoms with Crippen LogP contribution in [0, 0.1) is 18.3 Å². The summed E-state index contributed by atoms with van der Waals surface area (Å²) in [5, 5.41) is 9.00. The average Bonchev–Trinajstić information content (AvgIpc) is 2.61. The Bertz CT molecular complexity index is 552. The Morgan fingerprint density at radius 2 is 2.19 bits per heavy atom. The highest BCUT2D eigenvalue weighted by atomic mass is 35.5. The molecule has 3 nitrogen and oxygen atoms in total. The topological polar surface area (TPSA) is 52.5 Å². The van der Waals surface area contributed by atoms with Crippen LogP contribution in [-0.2, 0) is 6.42 Å². The molecule has 0 saturated carbocycles. The number of rotatable bonds is 2. The molecule has 80 valence electrons. The highest BCUT2D eigenvalue weighted by molar-refractivity contribution is 6.30. The second kappa shape index (κ2) is 4.38. The van der Waals surface area contributed by atoms with Crippen molar-refractivity contribution in [3.63, 3.8) is 0 Å². The first-order valence-corrected chi connectivity index (χ1v) is 5.27. The number of benzene rings is 1. The van der Waals surface area contributed by atoms with Crippen molar-refractivity contribution in [2.24, 2.45) is 0 Å². The number of H-pyrrole nitrogens is 1. The van der Waals surface area contributed by atoms with Crippen LogP contribution in [0.3, 0.4) is 0 Å². The smallest absolute Gasteiger partial charge is 0.151 e. The molecule has 1 N–H and O–H groups in total. The molecule has 2 aromatic rings. The van der Waals surface area contributed by atoms with E-state index >= 15 is 0 Å². The third-order valence-electron chi connectivity index (χ3n) is 2.38. The molecular weight excluding hydrogens is 222 g/mol. The number of halogens is 1. The van der Waals surface area contributed by atoms with Gasteiger partial charge in [0.05, 0.1) is 18.2 Å². The molecule has 0 amide bonds. The maximum atomic E-state index is 8.62. The van der Waals surface area contributed by atoms with E-state index in [9.17, 15) is 0 Å². The first-order chi connectivity index (χ1) is 7.72. The van der Waals surface area contributed by atoms with E-state index < -0.39 is 0 Å². The zero-order valence-corrected chi connectivity index (χ0v) is 9.54. The Kier molecular flexibility index (Phi) is 2.93. The number of nitriles is 1. The van der Waals surface area contributed by atoms with E-state index in [2.05, 4.69) is 9.97 Å². The van der Waals surface area contributed by atoms with E-state index in [1.54, 1.807) is 0 Å². The molecule has 0 aliphatic heterocycles. The van der Waals surface area contributed by atoms with Crippen molar-refractivity contribution >= 4 is 11.6 Å². The normalized spacial score (nSPS) is 10.1. The monoisotopic (exact) mass is 231 g/mol. The fourth-order valence-electron chi connectivity index (χ4n) is 1.55. The molecule has 1 heterocycles. The fraction of sp³-hybridized carbons (Fsp3) is 0.167. The van der Waals surface area contributed by atoms with Gasteiger partial charge in [0.15, 0.2) is 5.15 Å². The van der Waals surface area contributed by atoms with E-state index in [0.29, 0.717) is 16.7 Å². The van der Waals surface area contributed by atoms with Crippen molar-refractivity contribution in [3.8, 4) is 17.5 Å². The van der Waals surface area contributed by atoms with Crippen molar-refractivity contribution in [1.29, 1.82) is 5.26 Å². The summed E-state index contributed by atoms with van der Waals surface area (Å²) in [6, 6.07) is 9.95. The van der Waals surface area contributed by atoms with Crippen LogP contribution in [0.25, 0.3) is 11.4 Å². The molecule has 4 heteroatoms. The molecule has 0 fully saturated rings. The number of aryl methyl sites for hydroxylation is 1. The standard InChI is InChI=1S/C12H10ClN3/c1-8-4-2-3-5-9(8)12-15-10(6-7-14)11(13)16-12/h2-5H,6H2,1H3,(H,15,16). The van der Waals surface area contributed by atoms with Gasteiger partial charge in [-0.05, 0) is 12.5 Å². The maximum absolute atomic E-state index is 8.62. The van der Waals surface area contributed by atoms with Crippen molar-refractivity contribution in [1.82, 2.24) is 9.97 Å². The molecule has 0 aliphatic carbocycles. The van der Waals surface area contributed by atoms with E-state index in [1.165, 1.54) is 0 Å². The van der Waals surface area contributed by atoms with Gasteiger partial charge in [-0.1, -0.05) is 35.9 Å². The van der Waals surface area contributed by atoms with Crippen molar-refractivity contribution in [2.75, 3.05) is 0 Å². The van der Waals surface area contributed by atoms with Gasteiger partial charge in [0.1, 0.15) is 5.82 Å². The largest absolute Gasteiger partial charge is 0.340 e. The van der Waals surface area contributed by atoms with E-state index in [0.717, 1.165) is 11.1 Å². The molecule has 0 spiro atoms. The summed E-state index contributed by atoms with van der Waals surface area (Å²) in [4.78, 5) is 7.29. The minimum Gasteiger partial charge on any atom is -0.340 e. The minimum atomic E-state index is 0.248. The molecule has 0 atom stereocenters. The predicted octanol–water partition coefficient (Wildman–Crippen LogP) is 3.10. The van der Waals surface area contributed by atoms with E-state index in [-0.39, 0.29) is 6.42 Å². The van der Waals surface area contributed by atoms with Crippen LogP contribution in [0.15, 0.2) is 24.3 Å². The second-order valence-electron chi connectivity index (χ2n) is 3.50. The third-order valence-corrected chi connectivity index (χ3v) is 2.70. The van der Waals surface area contributed by atoms with Gasteiger partial charge in [-0.2, -0.15) is 5.26 Å². The van der Waals surface area contributed by atoms with Crippen molar-refractivity contribution in [3.05, 3.63) is 40.7 Å². The van der Waals surface area contributed by atoms with Crippen LogP contribution in [0.1, 0.15) is 11.3 Å². The van der Waals surface area contributed by atoms with Gasteiger partial charge in [-0.15, -0.1) is 0 Å². The Morgan fingerprint density at radius 3 is 2.88 bits per heavy atom. The molecule has 1 aromatic heterocycles. The Hall–Kier alpha value is -1.79. The summed E-state index contributed by atoms with van der Waals surface area (Å²) in [5.74, 6) is 0.716. The van der Waals surface area contributed by atoms with Gasteiger partial charge < -0.3 is 4.98 Å². The Labute approximate surface area is 98.7 Å². The molecule has 0 aliphatic rings. The van der Waals surface area contributed by atoms with Crippen LogP contribution in [-0.4, -0.2) is 9.97 Å². The van der Waals surface area contributed by atoms with Crippen LogP contribution < -0.4 is 0 Å². The molecule has 16 heavy (non-hydrogen) atoms. The predicted molar refractivity (Wildman–Crippen MR) is 63.1 cm³/mol. The first kappa shape index (κ1) is 10.7. The minimum absolute atomic E-state index is 0.248. The summed E-state index contributed by atoms with van der Waals surface area (Å²) in [6.07, 6.45) is 0.248. The number of hydrogen-bond donors (Lipinski definition) is 1. The number of nitrogens with one attached hydrogen (secondary N) is 1. The zero-order chi connectivity index (χ0) is 11.5. The molecule has 0 bridgehead atoms. The number of aromatic nitrogens is 2. The molecule has 2 rings (SSSR count). The lowest BCUT2D eigenvalue weighted by molar-refractivity contribution is 1.16. The molecule has 0 unspecified atom stereocenters. The van der Waals surface area contributed by atoms with Crippen LogP contribution in [0.4, 0.5) is 0 Å². The van der Waals surface area contributed by atoms with Crippen LogP contribution >= 0.6 is 11.6 Å². The summed E-state index contributed by atoms with van der Waals surface area (Å²) in [7, 11) is 0. The quantitative estimate of drug-likeness (QED) is 0.864. The van der Waals surface area contributed by atoms with Gasteiger partial charge in [0, 0.05) is 5.56 Å². The average molecular weight is 232 g/mol. The lowest BCUT2D eigenvalue weighted by Gasteiger charge is -2.00. The molecular formula is C12H10ClN3.